The molecule has 1 aromatic heterocycles. The minimum Gasteiger partial charge on any atom is -0.380 e. The standard InChI is InChI=1S/C15H18N2OS/c1-11(2)17-15(18)12-5-3-6-13(9-12)16-10-14-7-4-8-19-14/h3-9,11,16H,10H2,1-2H3,(H,17,18). The third-order valence-corrected chi connectivity index (χ3v) is 3.47. The van der Waals surface area contributed by atoms with Crippen LogP contribution >= 0.6 is 11.3 Å². The molecular weight excluding hydrogens is 256 g/mol. The summed E-state index contributed by atoms with van der Waals surface area (Å²) in [5, 5.41) is 8.28. The van der Waals surface area contributed by atoms with Gasteiger partial charge in [-0.2, -0.15) is 0 Å². The van der Waals surface area contributed by atoms with Crippen LogP contribution in [0.15, 0.2) is 41.8 Å². The number of anilines is 1. The lowest BCUT2D eigenvalue weighted by atomic mass is 10.1. The molecule has 2 aromatic rings. The average molecular weight is 274 g/mol. The van der Waals surface area contributed by atoms with Crippen LogP contribution in [0, 0.1) is 0 Å². The van der Waals surface area contributed by atoms with Gasteiger partial charge in [-0.1, -0.05) is 12.1 Å². The summed E-state index contributed by atoms with van der Waals surface area (Å²) >= 11 is 1.72. The Labute approximate surface area is 117 Å². The number of hydrogen-bond donors (Lipinski definition) is 2. The van der Waals surface area contributed by atoms with Gasteiger partial charge in [0, 0.05) is 28.7 Å². The van der Waals surface area contributed by atoms with E-state index in [4.69, 9.17) is 0 Å². The van der Waals surface area contributed by atoms with Crippen LogP contribution in [0.5, 0.6) is 0 Å². The predicted octanol–water partition coefficient (Wildman–Crippen LogP) is 3.50. The molecule has 0 atom stereocenters. The number of nitrogens with one attached hydrogen (secondary N) is 2. The van der Waals surface area contributed by atoms with Gasteiger partial charge in [-0.15, -0.1) is 11.3 Å². The van der Waals surface area contributed by atoms with Crippen molar-refractivity contribution in [2.45, 2.75) is 26.4 Å². The third kappa shape index (κ3) is 4.10. The lowest BCUT2D eigenvalue weighted by Gasteiger charge is -2.10. The van der Waals surface area contributed by atoms with E-state index in [1.54, 1.807) is 11.3 Å². The summed E-state index contributed by atoms with van der Waals surface area (Å²) in [7, 11) is 0. The molecule has 2 rings (SSSR count). The summed E-state index contributed by atoms with van der Waals surface area (Å²) in [6, 6.07) is 11.8. The first-order valence-electron chi connectivity index (χ1n) is 6.32. The second-order valence-electron chi connectivity index (χ2n) is 4.64. The smallest absolute Gasteiger partial charge is 0.251 e. The molecule has 0 fully saturated rings. The molecule has 1 aromatic carbocycles. The van der Waals surface area contributed by atoms with Crippen LogP contribution in [0.25, 0.3) is 0 Å². The van der Waals surface area contributed by atoms with Gasteiger partial charge in [0.25, 0.3) is 5.91 Å². The first kappa shape index (κ1) is 13.6. The highest BCUT2D eigenvalue weighted by molar-refractivity contribution is 7.09. The van der Waals surface area contributed by atoms with Gasteiger partial charge in [-0.05, 0) is 43.5 Å². The van der Waals surface area contributed by atoms with E-state index in [0.29, 0.717) is 5.56 Å². The lowest BCUT2D eigenvalue weighted by Crippen LogP contribution is -2.30. The van der Waals surface area contributed by atoms with Crippen molar-refractivity contribution < 1.29 is 4.79 Å². The maximum absolute atomic E-state index is 11.9. The van der Waals surface area contributed by atoms with Crippen molar-refractivity contribution in [3.05, 3.63) is 52.2 Å². The molecule has 100 valence electrons. The van der Waals surface area contributed by atoms with E-state index < -0.39 is 0 Å². The summed E-state index contributed by atoms with van der Waals surface area (Å²) in [5.41, 5.74) is 1.65. The summed E-state index contributed by atoms with van der Waals surface area (Å²) in [4.78, 5) is 13.2. The maximum Gasteiger partial charge on any atom is 0.251 e. The van der Waals surface area contributed by atoms with E-state index in [0.717, 1.165) is 12.2 Å². The Morgan fingerprint density at radius 2 is 2.11 bits per heavy atom. The molecule has 0 saturated heterocycles. The SMILES string of the molecule is CC(C)NC(=O)c1cccc(NCc2cccs2)c1. The highest BCUT2D eigenvalue weighted by Gasteiger charge is 2.07. The van der Waals surface area contributed by atoms with Crippen molar-refractivity contribution in [3.8, 4) is 0 Å². The average Bonchev–Trinajstić information content (AvgIpc) is 2.89. The molecular formula is C15H18N2OS. The first-order valence-corrected chi connectivity index (χ1v) is 7.20. The van der Waals surface area contributed by atoms with Crippen molar-refractivity contribution in [1.82, 2.24) is 5.32 Å². The minimum absolute atomic E-state index is 0.0326. The van der Waals surface area contributed by atoms with E-state index in [1.165, 1.54) is 4.88 Å². The van der Waals surface area contributed by atoms with Crippen LogP contribution < -0.4 is 10.6 Å². The zero-order valence-corrected chi connectivity index (χ0v) is 12.0. The van der Waals surface area contributed by atoms with Gasteiger partial charge < -0.3 is 10.6 Å². The zero-order valence-electron chi connectivity index (χ0n) is 11.1. The molecule has 0 aliphatic rings. The van der Waals surface area contributed by atoms with Crippen molar-refractivity contribution in [1.29, 1.82) is 0 Å². The van der Waals surface area contributed by atoms with Crippen molar-refractivity contribution in [2.24, 2.45) is 0 Å². The largest absolute Gasteiger partial charge is 0.380 e. The van der Waals surface area contributed by atoms with E-state index >= 15 is 0 Å². The van der Waals surface area contributed by atoms with Crippen LogP contribution in [0.3, 0.4) is 0 Å². The minimum atomic E-state index is -0.0326. The van der Waals surface area contributed by atoms with Gasteiger partial charge in [0.15, 0.2) is 0 Å². The zero-order chi connectivity index (χ0) is 13.7. The first-order chi connectivity index (χ1) is 9.15. The number of hydrogen-bond acceptors (Lipinski definition) is 3. The molecule has 3 nitrogen and oxygen atoms in total. The van der Waals surface area contributed by atoms with E-state index in [-0.39, 0.29) is 11.9 Å². The molecule has 0 saturated carbocycles. The predicted molar refractivity (Wildman–Crippen MR) is 80.7 cm³/mol. The molecule has 1 amide bonds. The summed E-state index contributed by atoms with van der Waals surface area (Å²) in [6.07, 6.45) is 0. The quantitative estimate of drug-likeness (QED) is 0.876. The fourth-order valence-electron chi connectivity index (χ4n) is 1.72. The molecule has 2 N–H and O–H groups in total. The second-order valence-corrected chi connectivity index (χ2v) is 5.67. The summed E-state index contributed by atoms with van der Waals surface area (Å²) in [5.74, 6) is -0.0326. The molecule has 1 heterocycles. The number of benzene rings is 1. The number of rotatable bonds is 5. The monoisotopic (exact) mass is 274 g/mol. The molecule has 0 unspecified atom stereocenters. The Hall–Kier alpha value is -1.81. The van der Waals surface area contributed by atoms with E-state index in [1.807, 2.05) is 44.2 Å². The molecule has 4 heteroatoms. The topological polar surface area (TPSA) is 41.1 Å². The molecule has 0 radical (unpaired) electrons. The number of thiophene rings is 1. The van der Waals surface area contributed by atoms with E-state index in [2.05, 4.69) is 22.1 Å². The molecule has 0 bridgehead atoms. The number of carbonyl (C=O) groups is 1. The van der Waals surface area contributed by atoms with Gasteiger partial charge in [-0.25, -0.2) is 0 Å². The second kappa shape index (κ2) is 6.38. The molecule has 0 spiro atoms. The van der Waals surface area contributed by atoms with Crippen molar-refractivity contribution in [3.63, 3.8) is 0 Å². The Kier molecular flexibility index (Phi) is 4.58. The van der Waals surface area contributed by atoms with E-state index in [9.17, 15) is 4.79 Å². The Bertz CT molecular complexity index is 535. The van der Waals surface area contributed by atoms with Crippen LogP contribution in [-0.4, -0.2) is 11.9 Å². The van der Waals surface area contributed by atoms with Gasteiger partial charge in [0.1, 0.15) is 0 Å². The van der Waals surface area contributed by atoms with Gasteiger partial charge in [0.2, 0.25) is 0 Å². The summed E-state index contributed by atoms with van der Waals surface area (Å²) < 4.78 is 0. The van der Waals surface area contributed by atoms with Crippen LogP contribution in [0.1, 0.15) is 29.1 Å². The van der Waals surface area contributed by atoms with Crippen molar-refractivity contribution >= 4 is 22.9 Å². The van der Waals surface area contributed by atoms with Crippen LogP contribution in [0.2, 0.25) is 0 Å². The number of amides is 1. The van der Waals surface area contributed by atoms with Gasteiger partial charge in [0.05, 0.1) is 0 Å². The Balaban J connectivity index is 2.00. The molecule has 0 aliphatic heterocycles. The highest BCUT2D eigenvalue weighted by atomic mass is 32.1. The molecule has 0 aliphatic carbocycles. The van der Waals surface area contributed by atoms with Gasteiger partial charge >= 0.3 is 0 Å². The maximum atomic E-state index is 11.9. The lowest BCUT2D eigenvalue weighted by molar-refractivity contribution is 0.0943. The van der Waals surface area contributed by atoms with Gasteiger partial charge in [-0.3, -0.25) is 4.79 Å². The number of carbonyl (C=O) groups excluding carboxylic acids is 1. The molecule has 19 heavy (non-hydrogen) atoms. The highest BCUT2D eigenvalue weighted by Crippen LogP contribution is 2.14. The van der Waals surface area contributed by atoms with Crippen molar-refractivity contribution in [2.75, 3.05) is 5.32 Å². The fourth-order valence-corrected chi connectivity index (χ4v) is 2.36. The normalized spacial score (nSPS) is 10.5. The van der Waals surface area contributed by atoms with Crippen LogP contribution in [-0.2, 0) is 6.54 Å². The van der Waals surface area contributed by atoms with Crippen LogP contribution in [0.4, 0.5) is 5.69 Å². The third-order valence-electron chi connectivity index (χ3n) is 2.59. The Morgan fingerprint density at radius 3 is 2.79 bits per heavy atom. The summed E-state index contributed by atoms with van der Waals surface area (Å²) in [6.45, 7) is 4.69. The Morgan fingerprint density at radius 1 is 1.26 bits per heavy atom. The fraction of sp³-hybridized carbons (Fsp3) is 0.267.